The van der Waals surface area contributed by atoms with Crippen LogP contribution in [0.25, 0.3) is 0 Å². The van der Waals surface area contributed by atoms with Crippen molar-refractivity contribution in [1.82, 2.24) is 25.8 Å². The molecule has 0 saturated heterocycles. The van der Waals surface area contributed by atoms with Crippen LogP contribution < -0.4 is 19.7 Å². The highest BCUT2D eigenvalue weighted by atomic mass is 32.1. The van der Waals surface area contributed by atoms with Crippen LogP contribution in [0.2, 0.25) is 0 Å². The molecule has 2 fully saturated rings. The predicted molar refractivity (Wildman–Crippen MR) is 232 cm³/mol. The van der Waals surface area contributed by atoms with Gasteiger partial charge in [0.05, 0.1) is 35.0 Å². The summed E-state index contributed by atoms with van der Waals surface area (Å²) in [5.41, 5.74) is 7.64. The van der Waals surface area contributed by atoms with Gasteiger partial charge in [-0.2, -0.15) is 0 Å². The smallest absolute Gasteiger partial charge is 0.400 e. The third-order valence-electron chi connectivity index (χ3n) is 11.6. The average molecular weight is 900 g/mol. The van der Waals surface area contributed by atoms with Gasteiger partial charge in [-0.1, -0.05) is 91.9 Å². The molecule has 2 aliphatic carbocycles. The fourth-order valence-corrected chi connectivity index (χ4v) is 8.77. The highest BCUT2D eigenvalue weighted by molar-refractivity contribution is 7.07. The Morgan fingerprint density at radius 2 is 1.42 bits per heavy atom. The lowest BCUT2D eigenvalue weighted by atomic mass is 9.81. The lowest BCUT2D eigenvalue weighted by Gasteiger charge is -2.40. The number of rotatable bonds is 20. The van der Waals surface area contributed by atoms with Gasteiger partial charge in [0.15, 0.2) is 0 Å². The van der Waals surface area contributed by atoms with Crippen LogP contribution in [0.5, 0.6) is 23.1 Å². The summed E-state index contributed by atoms with van der Waals surface area (Å²) in [5.74, 6) is -0.117. The molecule has 0 spiro atoms. The lowest BCUT2D eigenvalue weighted by molar-refractivity contribution is -1.30. The molecule has 0 bridgehead atoms. The maximum atomic E-state index is 13.8. The molecular formula is C47H56FN6O9S+. The second kappa shape index (κ2) is 22.5. The molecule has 15 nitrogen and oxygen atoms in total. The highest BCUT2D eigenvalue weighted by Gasteiger charge is 2.54. The third-order valence-corrected chi connectivity index (χ3v) is 12.3. The van der Waals surface area contributed by atoms with E-state index in [2.05, 4.69) is 15.4 Å². The van der Waals surface area contributed by atoms with E-state index in [1.807, 2.05) is 29.6 Å². The summed E-state index contributed by atoms with van der Waals surface area (Å²) >= 11 is 1.50. The molecule has 2 amide bonds. The zero-order valence-electron chi connectivity index (χ0n) is 36.1. The second-order valence-electron chi connectivity index (χ2n) is 16.3. The van der Waals surface area contributed by atoms with Crippen molar-refractivity contribution in [2.24, 2.45) is 11.8 Å². The highest BCUT2D eigenvalue weighted by Crippen LogP contribution is 2.42. The Balaban J connectivity index is 1.13. The number of hydrogen-bond donors (Lipinski definition) is 3. The summed E-state index contributed by atoms with van der Waals surface area (Å²) in [7, 11) is 0. The molecule has 2 aliphatic rings. The molecule has 2 aromatic heterocycles. The summed E-state index contributed by atoms with van der Waals surface area (Å²) in [6, 6.07) is 24.1. The van der Waals surface area contributed by atoms with E-state index in [0.29, 0.717) is 66.2 Å². The van der Waals surface area contributed by atoms with E-state index >= 15 is 0 Å². The summed E-state index contributed by atoms with van der Waals surface area (Å²) in [6.45, 7) is 2.66. The Morgan fingerprint density at radius 3 is 2.03 bits per heavy atom. The Labute approximate surface area is 376 Å². The first-order valence-corrected chi connectivity index (χ1v) is 22.7. The minimum Gasteiger partial charge on any atom is -0.487 e. The summed E-state index contributed by atoms with van der Waals surface area (Å²) in [5, 5.41) is 26.1. The van der Waals surface area contributed by atoms with Gasteiger partial charge >= 0.3 is 5.91 Å². The van der Waals surface area contributed by atoms with Gasteiger partial charge < -0.3 is 14.2 Å². The first kappa shape index (κ1) is 46.6. The molecule has 64 heavy (non-hydrogen) atoms. The number of carbonyl (C=O) groups is 2. The number of nitrogens with one attached hydrogen (secondary N) is 1. The minimum absolute atomic E-state index is 0.0202. The predicted octanol–water partition coefficient (Wildman–Crippen LogP) is 10.5. The fourth-order valence-electron chi connectivity index (χ4n) is 8.22. The van der Waals surface area contributed by atoms with Crippen LogP contribution in [-0.4, -0.2) is 47.5 Å². The Kier molecular flexibility index (Phi) is 16.4. The standard InChI is InChI=1S/C47H56FN6O9S/c1-33(55)53(57)63-52(54(58,34(2)56)62-51-45(28-35-10-5-3-6-11-35)36-16-22-42(23-17-36)60-30-41-31-64-32-49-41)47(37-12-7-4-8-13-37)38-18-24-43(25-19-38)59-29-40-14-9-15-46(50-40)61-44-26-20-39(48)21-27-44/h9,14-27,31-32,35,37,45,47,51,57-58H,3-8,10-13,28-30H2,1-2H3/q+1. The van der Waals surface area contributed by atoms with Gasteiger partial charge in [-0.3, -0.25) is 10.0 Å². The van der Waals surface area contributed by atoms with Crippen molar-refractivity contribution in [1.29, 1.82) is 0 Å². The monoisotopic (exact) mass is 899 g/mol. The maximum Gasteiger partial charge on any atom is 0.400 e. The van der Waals surface area contributed by atoms with E-state index in [9.17, 15) is 24.4 Å². The van der Waals surface area contributed by atoms with E-state index in [1.165, 1.54) is 42.0 Å². The summed E-state index contributed by atoms with van der Waals surface area (Å²) < 4.78 is 31.2. The summed E-state index contributed by atoms with van der Waals surface area (Å²) in [6.07, 6.45) is 10.3. The van der Waals surface area contributed by atoms with Crippen LogP contribution in [-0.2, 0) is 32.7 Å². The van der Waals surface area contributed by atoms with Gasteiger partial charge in [0.1, 0.15) is 47.2 Å². The van der Waals surface area contributed by atoms with Crippen molar-refractivity contribution in [3.05, 3.63) is 130 Å². The molecular weight excluding hydrogens is 844 g/mol. The van der Waals surface area contributed by atoms with E-state index < -0.39 is 28.8 Å². The topological polar surface area (TPSA) is 165 Å². The molecule has 0 radical (unpaired) electrons. The van der Waals surface area contributed by atoms with E-state index in [4.69, 9.17) is 24.1 Å². The quantitative estimate of drug-likeness (QED) is 0.0384. The Morgan fingerprint density at radius 1 is 0.812 bits per heavy atom. The van der Waals surface area contributed by atoms with Crippen LogP contribution in [0, 0.1) is 17.7 Å². The molecule has 0 aliphatic heterocycles. The number of hydroxylamine groups is 6. The first-order chi connectivity index (χ1) is 31.0. The van der Waals surface area contributed by atoms with E-state index in [-0.39, 0.29) is 23.6 Å². The number of thiazole rings is 1. The van der Waals surface area contributed by atoms with Crippen LogP contribution in [0.1, 0.15) is 119 Å². The molecule has 2 saturated carbocycles. The van der Waals surface area contributed by atoms with Gasteiger partial charge in [-0.05, 0) is 102 Å². The van der Waals surface area contributed by atoms with E-state index in [1.54, 1.807) is 48.0 Å². The molecule has 3 unspecified atom stereocenters. The minimum atomic E-state index is -1.91. The normalized spacial score (nSPS) is 16.7. The first-order valence-electron chi connectivity index (χ1n) is 21.8. The van der Waals surface area contributed by atoms with Gasteiger partial charge in [0, 0.05) is 18.4 Å². The maximum absolute atomic E-state index is 13.8. The van der Waals surface area contributed by atoms with E-state index in [0.717, 1.165) is 75.2 Å². The number of carbonyl (C=O) groups excluding carboxylic acids is 2. The number of quaternary nitrogens is 1. The van der Waals surface area contributed by atoms with Crippen molar-refractivity contribution in [3.8, 4) is 23.1 Å². The van der Waals surface area contributed by atoms with Crippen molar-refractivity contribution >= 4 is 23.2 Å². The van der Waals surface area contributed by atoms with Crippen LogP contribution in [0.3, 0.4) is 0 Å². The number of amides is 2. The number of ether oxygens (including phenoxy) is 3. The molecule has 17 heteroatoms. The molecule has 3 aromatic carbocycles. The zero-order valence-corrected chi connectivity index (χ0v) is 36.9. The average Bonchev–Trinajstić information content (AvgIpc) is 3.85. The number of pyridine rings is 1. The molecule has 2 heterocycles. The number of halogens is 1. The third kappa shape index (κ3) is 12.7. The molecule has 5 aromatic rings. The number of benzene rings is 3. The molecule has 3 atom stereocenters. The van der Waals surface area contributed by atoms with Gasteiger partial charge in [-0.25, -0.2) is 19.2 Å². The molecule has 3 N–H and O–H groups in total. The van der Waals surface area contributed by atoms with Crippen molar-refractivity contribution in [3.63, 3.8) is 0 Å². The number of aromatic nitrogens is 2. The molecule has 340 valence electrons. The number of nitrogens with zero attached hydrogens (tertiary/aromatic N) is 5. The fraction of sp³-hybridized carbons (Fsp3) is 0.404. The lowest BCUT2D eigenvalue weighted by Crippen LogP contribution is -2.65. The van der Waals surface area contributed by atoms with Crippen molar-refractivity contribution in [2.45, 2.75) is 110 Å². The second-order valence-corrected chi connectivity index (χ2v) is 17.0. The zero-order chi connectivity index (χ0) is 44.9. The van der Waals surface area contributed by atoms with Crippen LogP contribution >= 0.6 is 11.3 Å². The number of hydrogen-bond acceptors (Lipinski definition) is 14. The summed E-state index contributed by atoms with van der Waals surface area (Å²) in [4.78, 5) is 45.1. The molecule has 7 rings (SSSR count). The van der Waals surface area contributed by atoms with Gasteiger partial charge in [0.2, 0.25) is 5.88 Å². The Bertz CT molecular complexity index is 2230. The van der Waals surface area contributed by atoms with Crippen molar-refractivity contribution in [2.75, 3.05) is 0 Å². The largest absolute Gasteiger partial charge is 0.487 e. The van der Waals surface area contributed by atoms with Crippen LogP contribution in [0.4, 0.5) is 4.39 Å². The van der Waals surface area contributed by atoms with Crippen molar-refractivity contribution < 1.29 is 53.4 Å². The SMILES string of the molecule is CC(=O)N(O)ON(C(c1ccc(OCc2cccc(Oc3ccc(F)cc3)n2)cc1)C1CCCCC1)[N+](O)(ONC(CC1CCCCC1)c1ccc(OCc2cscn2)cc1)C(C)=O. The van der Waals surface area contributed by atoms with Gasteiger partial charge in [-0.15, -0.1) is 22.0 Å². The van der Waals surface area contributed by atoms with Gasteiger partial charge in [0.25, 0.3) is 5.91 Å². The van der Waals surface area contributed by atoms with Crippen LogP contribution in [0.15, 0.2) is 102 Å². The Hall–Kier alpha value is -5.37.